The Balaban J connectivity index is 1.81. The first-order valence-electron chi connectivity index (χ1n) is 9.67. The maximum Gasteiger partial charge on any atom is 0.329 e. The van der Waals surface area contributed by atoms with Crippen molar-refractivity contribution in [1.29, 1.82) is 0 Å². The van der Waals surface area contributed by atoms with Crippen LogP contribution in [-0.2, 0) is 26.0 Å². The Bertz CT molecular complexity index is 1290. The molecular formula is C22H20N2O6S. The highest BCUT2D eigenvalue weighted by Gasteiger charge is 2.43. The third-order valence-electron chi connectivity index (χ3n) is 5.45. The summed E-state index contributed by atoms with van der Waals surface area (Å²) in [4.78, 5) is 39.4. The van der Waals surface area contributed by atoms with Gasteiger partial charge in [0.2, 0.25) is 10.0 Å². The van der Waals surface area contributed by atoms with Crippen molar-refractivity contribution in [2.45, 2.75) is 19.4 Å². The number of carbonyl (C=O) groups excluding carboxylic acids is 3. The summed E-state index contributed by atoms with van der Waals surface area (Å²) in [5.74, 6) is -2.03. The van der Waals surface area contributed by atoms with Gasteiger partial charge in [0, 0.05) is 18.0 Å². The molecule has 2 amide bonds. The Morgan fingerprint density at radius 3 is 2.16 bits per heavy atom. The van der Waals surface area contributed by atoms with E-state index in [2.05, 4.69) is 0 Å². The van der Waals surface area contributed by atoms with E-state index >= 15 is 0 Å². The van der Waals surface area contributed by atoms with E-state index < -0.39 is 33.8 Å². The molecule has 3 aromatic rings. The van der Waals surface area contributed by atoms with E-state index in [0.29, 0.717) is 16.5 Å². The molecule has 0 aliphatic carbocycles. The molecule has 31 heavy (non-hydrogen) atoms. The number of methoxy groups -OCH3 is 1. The van der Waals surface area contributed by atoms with E-state index in [1.807, 2.05) is 0 Å². The van der Waals surface area contributed by atoms with Crippen LogP contribution in [0.2, 0.25) is 0 Å². The lowest BCUT2D eigenvalue weighted by Gasteiger charge is -2.23. The molecule has 0 fully saturated rings. The second-order valence-corrected chi connectivity index (χ2v) is 9.27. The van der Waals surface area contributed by atoms with Gasteiger partial charge in [0.15, 0.2) is 0 Å². The van der Waals surface area contributed by atoms with E-state index in [1.54, 1.807) is 43.3 Å². The predicted octanol–water partition coefficient (Wildman–Crippen LogP) is 2.22. The van der Waals surface area contributed by atoms with Crippen LogP contribution in [0.3, 0.4) is 0 Å². The summed E-state index contributed by atoms with van der Waals surface area (Å²) in [5.41, 5.74) is 1.42. The largest absolute Gasteiger partial charge is 0.467 e. The molecule has 0 N–H and O–H groups in total. The summed E-state index contributed by atoms with van der Waals surface area (Å²) in [6.07, 6.45) is 1.36. The lowest BCUT2D eigenvalue weighted by Crippen LogP contribution is -2.46. The molecule has 1 atom stereocenters. The van der Waals surface area contributed by atoms with Crippen molar-refractivity contribution in [2.24, 2.45) is 0 Å². The van der Waals surface area contributed by atoms with Gasteiger partial charge in [-0.2, -0.15) is 0 Å². The summed E-state index contributed by atoms with van der Waals surface area (Å²) in [5, 5.41) is 0.616. The Kier molecular flexibility index (Phi) is 5.14. The van der Waals surface area contributed by atoms with Crippen LogP contribution in [0.1, 0.15) is 33.2 Å². The second-order valence-electron chi connectivity index (χ2n) is 7.14. The highest BCUT2D eigenvalue weighted by Crippen LogP contribution is 2.29. The average molecular weight is 440 g/mol. The zero-order valence-electron chi connectivity index (χ0n) is 16.9. The molecule has 0 saturated heterocycles. The van der Waals surface area contributed by atoms with Crippen LogP contribution in [0.15, 0.2) is 54.7 Å². The minimum Gasteiger partial charge on any atom is -0.467 e. The van der Waals surface area contributed by atoms with Crippen LogP contribution in [0.5, 0.6) is 0 Å². The Morgan fingerprint density at radius 2 is 1.58 bits per heavy atom. The van der Waals surface area contributed by atoms with E-state index in [9.17, 15) is 22.8 Å². The highest BCUT2D eigenvalue weighted by atomic mass is 32.2. The lowest BCUT2D eigenvalue weighted by atomic mass is 10.0. The fourth-order valence-electron chi connectivity index (χ4n) is 3.87. The van der Waals surface area contributed by atoms with Crippen LogP contribution < -0.4 is 0 Å². The normalized spacial score (nSPS) is 14.7. The van der Waals surface area contributed by atoms with Crippen molar-refractivity contribution < 1.29 is 27.5 Å². The summed E-state index contributed by atoms with van der Waals surface area (Å²) < 4.78 is 31.2. The number of para-hydroxylation sites is 1. The van der Waals surface area contributed by atoms with Crippen molar-refractivity contribution >= 4 is 38.7 Å². The predicted molar refractivity (Wildman–Crippen MR) is 113 cm³/mol. The fraction of sp³-hybridized carbons (Fsp3) is 0.227. The molecule has 9 heteroatoms. The molecule has 1 aromatic heterocycles. The smallest absolute Gasteiger partial charge is 0.329 e. The summed E-state index contributed by atoms with van der Waals surface area (Å²) in [6.45, 7) is 1.54. The number of ether oxygens (including phenoxy) is 1. The first-order chi connectivity index (χ1) is 14.8. The number of nitrogens with zero attached hydrogens (tertiary/aromatic N) is 2. The number of benzene rings is 2. The Hall–Kier alpha value is -3.46. The van der Waals surface area contributed by atoms with Crippen LogP contribution in [0.25, 0.3) is 10.9 Å². The summed E-state index contributed by atoms with van der Waals surface area (Å²) in [6, 6.07) is 12.0. The molecule has 0 spiro atoms. The number of aromatic nitrogens is 1. The zero-order valence-corrected chi connectivity index (χ0v) is 17.8. The van der Waals surface area contributed by atoms with E-state index in [0.717, 1.165) is 4.90 Å². The van der Waals surface area contributed by atoms with Gasteiger partial charge in [0.25, 0.3) is 11.8 Å². The van der Waals surface area contributed by atoms with Crippen molar-refractivity contribution in [3.63, 3.8) is 0 Å². The molecule has 1 aliphatic rings. The molecule has 0 saturated carbocycles. The quantitative estimate of drug-likeness (QED) is 0.430. The molecule has 0 bridgehead atoms. The Labute approximate surface area is 179 Å². The van der Waals surface area contributed by atoms with Gasteiger partial charge in [-0.15, -0.1) is 0 Å². The number of hydrogen-bond acceptors (Lipinski definition) is 6. The van der Waals surface area contributed by atoms with Crippen molar-refractivity contribution in [3.8, 4) is 0 Å². The van der Waals surface area contributed by atoms with E-state index in [1.165, 1.54) is 29.4 Å². The fourth-order valence-corrected chi connectivity index (χ4v) is 4.89. The highest BCUT2D eigenvalue weighted by molar-refractivity contribution is 7.90. The topological polar surface area (TPSA) is 103 Å². The van der Waals surface area contributed by atoms with Crippen molar-refractivity contribution in [3.05, 3.63) is 71.4 Å². The van der Waals surface area contributed by atoms with Gasteiger partial charge in [0.05, 0.1) is 29.5 Å². The molecule has 2 aromatic carbocycles. The van der Waals surface area contributed by atoms with Gasteiger partial charge in [0.1, 0.15) is 6.04 Å². The minimum absolute atomic E-state index is 0.0785. The molecule has 8 nitrogen and oxygen atoms in total. The second kappa shape index (κ2) is 7.66. The molecule has 160 valence electrons. The number of hydrogen-bond donors (Lipinski definition) is 0. The number of imide groups is 1. The number of amides is 2. The molecular weight excluding hydrogens is 420 g/mol. The van der Waals surface area contributed by atoms with E-state index in [-0.39, 0.29) is 23.3 Å². The van der Waals surface area contributed by atoms with Crippen LogP contribution in [0.4, 0.5) is 0 Å². The van der Waals surface area contributed by atoms with Crippen molar-refractivity contribution in [1.82, 2.24) is 8.87 Å². The summed E-state index contributed by atoms with van der Waals surface area (Å²) >= 11 is 0. The molecule has 2 heterocycles. The molecule has 0 radical (unpaired) electrons. The number of rotatable bonds is 6. The van der Waals surface area contributed by atoms with Crippen LogP contribution >= 0.6 is 0 Å². The molecule has 4 rings (SSSR count). The third-order valence-corrected chi connectivity index (χ3v) is 7.08. The first-order valence-corrected chi connectivity index (χ1v) is 11.3. The van der Waals surface area contributed by atoms with Gasteiger partial charge in [-0.05, 0) is 30.7 Å². The maximum atomic E-state index is 12.9. The maximum absolute atomic E-state index is 12.9. The average Bonchev–Trinajstić information content (AvgIpc) is 3.28. The first kappa shape index (κ1) is 20.8. The number of carbonyl (C=O) groups is 3. The lowest BCUT2D eigenvalue weighted by molar-refractivity contribution is -0.145. The standard InChI is InChI=1S/C22H20N2O6S/c1-3-31(28,29)23-13-14(15-8-6-7-11-18(15)23)12-19(22(27)30-2)24-20(25)16-9-4-5-10-17(16)21(24)26/h4-11,13,19H,3,12H2,1-2H3/t19-/m0/s1. The van der Waals surface area contributed by atoms with Gasteiger partial charge < -0.3 is 4.74 Å². The van der Waals surface area contributed by atoms with Gasteiger partial charge in [-0.1, -0.05) is 30.3 Å². The Morgan fingerprint density at radius 1 is 1.00 bits per heavy atom. The van der Waals surface area contributed by atoms with Gasteiger partial charge in [-0.25, -0.2) is 17.2 Å². The van der Waals surface area contributed by atoms with Gasteiger partial charge >= 0.3 is 5.97 Å². The van der Waals surface area contributed by atoms with Crippen LogP contribution in [-0.4, -0.2) is 54.0 Å². The van der Waals surface area contributed by atoms with Crippen molar-refractivity contribution in [2.75, 3.05) is 12.9 Å². The third kappa shape index (κ3) is 3.31. The molecule has 0 unspecified atom stereocenters. The van der Waals surface area contributed by atoms with Crippen LogP contribution in [0, 0.1) is 0 Å². The molecule has 1 aliphatic heterocycles. The number of fused-ring (bicyclic) bond motifs is 2. The monoisotopic (exact) mass is 440 g/mol. The van der Waals surface area contributed by atoms with Gasteiger partial charge in [-0.3, -0.25) is 14.5 Å². The SMILES string of the molecule is CCS(=O)(=O)n1cc(C[C@@H](C(=O)OC)N2C(=O)c3ccccc3C2=O)c2ccccc21. The summed E-state index contributed by atoms with van der Waals surface area (Å²) in [7, 11) is -2.42. The number of esters is 1. The minimum atomic E-state index is -3.60. The van der Waals surface area contributed by atoms with E-state index in [4.69, 9.17) is 4.74 Å². The zero-order chi connectivity index (χ0) is 22.3.